The van der Waals surface area contributed by atoms with Gasteiger partial charge in [0.25, 0.3) is 0 Å². The molecule has 31 heavy (non-hydrogen) atoms. The average Bonchev–Trinajstić information content (AvgIpc) is 3.07. The second-order valence-corrected chi connectivity index (χ2v) is 7.61. The number of halogens is 1. The van der Waals surface area contributed by atoms with Crippen molar-refractivity contribution in [3.8, 4) is 21.9 Å². The number of carbonyl (C=O) groups is 3. The first-order valence-electron chi connectivity index (χ1n) is 8.72. The van der Waals surface area contributed by atoms with Gasteiger partial charge < -0.3 is 24.8 Å². The van der Waals surface area contributed by atoms with Crippen molar-refractivity contribution in [3.63, 3.8) is 0 Å². The molecule has 0 aliphatic rings. The Morgan fingerprint density at radius 3 is 2.35 bits per heavy atom. The van der Waals surface area contributed by atoms with Crippen LogP contribution in [0.2, 0.25) is 5.02 Å². The van der Waals surface area contributed by atoms with E-state index in [4.69, 9.17) is 31.3 Å². The molecule has 0 spiro atoms. The minimum atomic E-state index is -1.29. The van der Waals surface area contributed by atoms with Crippen LogP contribution < -0.4 is 9.47 Å². The normalized spacial score (nSPS) is 10.5. The van der Waals surface area contributed by atoms with E-state index < -0.39 is 24.5 Å². The summed E-state index contributed by atoms with van der Waals surface area (Å²) in [5.74, 6) is -3.33. The van der Waals surface area contributed by atoms with E-state index in [0.717, 1.165) is 11.3 Å². The first-order valence-corrected chi connectivity index (χ1v) is 9.91. The van der Waals surface area contributed by atoms with Crippen LogP contribution in [0.25, 0.3) is 10.4 Å². The summed E-state index contributed by atoms with van der Waals surface area (Å²) in [5, 5.41) is 27.3. The highest BCUT2D eigenvalue weighted by atomic mass is 35.5. The number of carboxylic acids is 3. The topological polar surface area (TPSA) is 130 Å². The second kappa shape index (κ2) is 9.50. The van der Waals surface area contributed by atoms with E-state index in [9.17, 15) is 19.5 Å². The molecule has 0 unspecified atom stereocenters. The van der Waals surface area contributed by atoms with Crippen molar-refractivity contribution in [2.24, 2.45) is 0 Å². The minimum Gasteiger partial charge on any atom is -0.489 e. The molecular weight excluding hydrogens is 448 g/mol. The summed E-state index contributed by atoms with van der Waals surface area (Å²) in [6.07, 6.45) is 0. The van der Waals surface area contributed by atoms with Gasteiger partial charge in [-0.3, -0.25) is 0 Å². The minimum absolute atomic E-state index is 0.00467. The highest BCUT2D eigenvalue weighted by Crippen LogP contribution is 2.46. The molecule has 0 fully saturated rings. The Morgan fingerprint density at radius 1 is 0.935 bits per heavy atom. The van der Waals surface area contributed by atoms with E-state index in [-0.39, 0.29) is 27.8 Å². The van der Waals surface area contributed by atoms with E-state index in [2.05, 4.69) is 0 Å². The number of hydrogen-bond acceptors (Lipinski definition) is 6. The van der Waals surface area contributed by atoms with Crippen LogP contribution >= 0.6 is 22.9 Å². The Morgan fingerprint density at radius 2 is 1.68 bits per heavy atom. The van der Waals surface area contributed by atoms with Gasteiger partial charge in [0.1, 0.15) is 17.4 Å². The molecule has 3 aromatic rings. The molecule has 3 rings (SSSR count). The molecule has 0 atom stereocenters. The number of rotatable bonds is 9. The van der Waals surface area contributed by atoms with E-state index in [1.165, 1.54) is 12.1 Å². The molecule has 8 nitrogen and oxygen atoms in total. The molecule has 0 amide bonds. The molecule has 0 radical (unpaired) electrons. The standard InChI is InChI=1S/C21H15ClO8S/c22-16-17(30-10-15(23)24)19(21(27)28)31-18(16)12-4-2-6-14(8-12)29-9-11-3-1-5-13(7-11)20(25)26/h1-8H,9-10H2,(H,23,24)(H,25,26)(H,27,28). The summed E-state index contributed by atoms with van der Waals surface area (Å²) in [6, 6.07) is 13.1. The number of benzene rings is 2. The monoisotopic (exact) mass is 462 g/mol. The summed E-state index contributed by atoms with van der Waals surface area (Å²) in [4.78, 5) is 33.6. The zero-order valence-electron chi connectivity index (χ0n) is 15.7. The van der Waals surface area contributed by atoms with Crippen molar-refractivity contribution >= 4 is 40.8 Å². The average molecular weight is 463 g/mol. The molecule has 0 saturated carbocycles. The van der Waals surface area contributed by atoms with Gasteiger partial charge in [-0.2, -0.15) is 0 Å². The zero-order chi connectivity index (χ0) is 22.5. The maximum Gasteiger partial charge on any atom is 0.349 e. The zero-order valence-corrected chi connectivity index (χ0v) is 17.3. The Hall–Kier alpha value is -3.56. The molecule has 3 N–H and O–H groups in total. The molecule has 0 bridgehead atoms. The lowest BCUT2D eigenvalue weighted by atomic mass is 10.1. The van der Waals surface area contributed by atoms with Gasteiger partial charge in [-0.25, -0.2) is 14.4 Å². The lowest BCUT2D eigenvalue weighted by Crippen LogP contribution is -2.10. The van der Waals surface area contributed by atoms with Gasteiger partial charge in [-0.1, -0.05) is 35.9 Å². The maximum absolute atomic E-state index is 11.5. The molecule has 2 aromatic carbocycles. The van der Waals surface area contributed by atoms with Crippen molar-refractivity contribution < 1.29 is 39.2 Å². The molecule has 0 aliphatic heterocycles. The highest BCUT2D eigenvalue weighted by Gasteiger charge is 2.24. The lowest BCUT2D eigenvalue weighted by molar-refractivity contribution is -0.139. The van der Waals surface area contributed by atoms with Crippen molar-refractivity contribution in [2.75, 3.05) is 6.61 Å². The summed E-state index contributed by atoms with van der Waals surface area (Å²) >= 11 is 7.15. The first-order chi connectivity index (χ1) is 14.8. The van der Waals surface area contributed by atoms with Crippen LogP contribution in [0.1, 0.15) is 25.6 Å². The smallest absolute Gasteiger partial charge is 0.349 e. The number of hydrogen-bond donors (Lipinski definition) is 3. The van der Waals surface area contributed by atoms with Crippen LogP contribution in [0.15, 0.2) is 48.5 Å². The fourth-order valence-electron chi connectivity index (χ4n) is 2.67. The Kier molecular flexibility index (Phi) is 6.78. The molecule has 160 valence electrons. The molecule has 1 aromatic heterocycles. The third-order valence-corrected chi connectivity index (χ3v) is 5.70. The van der Waals surface area contributed by atoms with E-state index in [1.807, 2.05) is 0 Å². The Bertz CT molecular complexity index is 1150. The van der Waals surface area contributed by atoms with Crippen molar-refractivity contribution in [3.05, 3.63) is 69.6 Å². The summed E-state index contributed by atoms with van der Waals surface area (Å²) in [5.41, 5.74) is 1.37. The van der Waals surface area contributed by atoms with E-state index >= 15 is 0 Å². The van der Waals surface area contributed by atoms with Crippen LogP contribution in [-0.4, -0.2) is 39.8 Å². The van der Waals surface area contributed by atoms with Crippen LogP contribution in [0.5, 0.6) is 11.5 Å². The third kappa shape index (κ3) is 5.33. The van der Waals surface area contributed by atoms with Crippen LogP contribution in [0, 0.1) is 0 Å². The van der Waals surface area contributed by atoms with Gasteiger partial charge in [-0.05, 0) is 35.4 Å². The van der Waals surface area contributed by atoms with E-state index in [1.54, 1.807) is 36.4 Å². The summed E-state index contributed by atoms with van der Waals surface area (Å²) in [7, 11) is 0. The molecule has 10 heteroatoms. The number of thiophene rings is 1. The third-order valence-electron chi connectivity index (χ3n) is 4.02. The lowest BCUT2D eigenvalue weighted by Gasteiger charge is -2.09. The first kappa shape index (κ1) is 22.1. The van der Waals surface area contributed by atoms with Gasteiger partial charge in [0.15, 0.2) is 17.2 Å². The fourth-order valence-corrected chi connectivity index (χ4v) is 4.08. The second-order valence-electron chi connectivity index (χ2n) is 6.21. The van der Waals surface area contributed by atoms with Gasteiger partial charge >= 0.3 is 17.9 Å². The van der Waals surface area contributed by atoms with Crippen LogP contribution in [0.4, 0.5) is 0 Å². The molecule has 0 saturated heterocycles. The molecule has 0 aliphatic carbocycles. The van der Waals surface area contributed by atoms with E-state index in [0.29, 0.717) is 21.8 Å². The molecule has 1 heterocycles. The van der Waals surface area contributed by atoms with Gasteiger partial charge in [0.2, 0.25) is 0 Å². The SMILES string of the molecule is O=C(O)COc1c(C(=O)O)sc(-c2cccc(OCc3cccc(C(=O)O)c3)c2)c1Cl. The number of aromatic carboxylic acids is 2. The number of aliphatic carboxylic acids is 1. The van der Waals surface area contributed by atoms with Crippen molar-refractivity contribution in [2.45, 2.75) is 6.61 Å². The predicted octanol–water partition coefficient (Wildman–Crippen LogP) is 4.51. The maximum atomic E-state index is 11.5. The highest BCUT2D eigenvalue weighted by molar-refractivity contribution is 7.18. The molecular formula is C21H15ClO8S. The van der Waals surface area contributed by atoms with Crippen LogP contribution in [-0.2, 0) is 11.4 Å². The van der Waals surface area contributed by atoms with Gasteiger partial charge in [0.05, 0.1) is 10.4 Å². The van der Waals surface area contributed by atoms with Gasteiger partial charge in [-0.15, -0.1) is 11.3 Å². The van der Waals surface area contributed by atoms with Gasteiger partial charge in [0, 0.05) is 0 Å². The summed E-state index contributed by atoms with van der Waals surface area (Å²) in [6.45, 7) is -0.606. The summed E-state index contributed by atoms with van der Waals surface area (Å²) < 4.78 is 10.8. The van der Waals surface area contributed by atoms with Crippen molar-refractivity contribution in [1.29, 1.82) is 0 Å². The largest absolute Gasteiger partial charge is 0.489 e. The van der Waals surface area contributed by atoms with Crippen LogP contribution in [0.3, 0.4) is 0 Å². The van der Waals surface area contributed by atoms with Crippen molar-refractivity contribution in [1.82, 2.24) is 0 Å². The number of carboxylic acid groups (broad SMARTS) is 3. The Labute approximate surface area is 184 Å². The quantitative estimate of drug-likeness (QED) is 0.423. The predicted molar refractivity (Wildman–Crippen MR) is 113 cm³/mol. The fraction of sp³-hybridized carbons (Fsp3) is 0.0952. The number of ether oxygens (including phenoxy) is 2. The Balaban J connectivity index is 1.85.